The van der Waals surface area contributed by atoms with Gasteiger partial charge in [0.15, 0.2) is 5.69 Å². The van der Waals surface area contributed by atoms with Crippen LogP contribution in [0.15, 0.2) is 0 Å². The number of aliphatic hydroxyl groups excluding tert-OH is 1. The molecule has 0 aromatic carbocycles. The lowest BCUT2D eigenvalue weighted by molar-refractivity contribution is -0.118. The molecule has 3 aliphatic rings. The van der Waals surface area contributed by atoms with Crippen molar-refractivity contribution in [2.75, 3.05) is 13.2 Å². The first-order chi connectivity index (χ1) is 11.5. The van der Waals surface area contributed by atoms with Crippen molar-refractivity contribution in [2.24, 2.45) is 10.8 Å². The zero-order valence-electron chi connectivity index (χ0n) is 14.5. The second-order valence-electron chi connectivity index (χ2n) is 8.31. The van der Waals surface area contributed by atoms with E-state index < -0.39 is 0 Å². The van der Waals surface area contributed by atoms with E-state index in [4.69, 9.17) is 4.74 Å². The molecule has 6 nitrogen and oxygen atoms in total. The highest BCUT2D eigenvalue weighted by Crippen LogP contribution is 2.64. The number of ether oxygens (including phenoxy) is 1. The minimum Gasteiger partial charge on any atom is -0.396 e. The Kier molecular flexibility index (Phi) is 3.73. The Morgan fingerprint density at radius 3 is 2.79 bits per heavy atom. The number of fused-ring (bicyclic) bond motifs is 1. The number of aromatic nitrogens is 2. The van der Waals surface area contributed by atoms with E-state index in [0.717, 1.165) is 24.1 Å². The highest BCUT2D eigenvalue weighted by atomic mass is 16.5. The maximum Gasteiger partial charge on any atom is 0.272 e. The van der Waals surface area contributed by atoms with Crippen molar-refractivity contribution in [2.45, 2.75) is 64.6 Å². The van der Waals surface area contributed by atoms with Gasteiger partial charge in [0.2, 0.25) is 0 Å². The SMILES string of the molecule is C[C@@H]1Cc2c(C(=O)NCC3(CO)CC4(CCC4)C3)n[nH]c2[C@H](C)O1. The van der Waals surface area contributed by atoms with E-state index in [2.05, 4.69) is 15.5 Å². The van der Waals surface area contributed by atoms with Gasteiger partial charge in [-0.2, -0.15) is 5.10 Å². The number of carbonyl (C=O) groups is 1. The number of aromatic amines is 1. The molecule has 1 aliphatic heterocycles. The smallest absolute Gasteiger partial charge is 0.272 e. The van der Waals surface area contributed by atoms with Crippen LogP contribution in [0, 0.1) is 10.8 Å². The van der Waals surface area contributed by atoms with Crippen LogP contribution in [0.4, 0.5) is 0 Å². The third-order valence-corrected chi connectivity index (χ3v) is 6.32. The minimum atomic E-state index is -0.142. The zero-order valence-corrected chi connectivity index (χ0v) is 14.5. The maximum absolute atomic E-state index is 12.6. The average Bonchev–Trinajstić information content (AvgIpc) is 2.88. The Morgan fingerprint density at radius 2 is 2.17 bits per heavy atom. The molecule has 2 saturated carbocycles. The van der Waals surface area contributed by atoms with Gasteiger partial charge in [-0.1, -0.05) is 6.42 Å². The number of hydrogen-bond acceptors (Lipinski definition) is 4. The Bertz CT molecular complexity index is 642. The van der Waals surface area contributed by atoms with Crippen molar-refractivity contribution >= 4 is 5.91 Å². The molecular weight excluding hydrogens is 306 g/mol. The predicted octanol–water partition coefficient (Wildman–Crippen LogP) is 2.10. The van der Waals surface area contributed by atoms with Gasteiger partial charge in [0.1, 0.15) is 0 Å². The number of H-pyrrole nitrogens is 1. The molecule has 1 aromatic heterocycles. The third kappa shape index (κ3) is 2.47. The van der Waals surface area contributed by atoms with Gasteiger partial charge < -0.3 is 15.2 Å². The van der Waals surface area contributed by atoms with Gasteiger partial charge >= 0.3 is 0 Å². The summed E-state index contributed by atoms with van der Waals surface area (Å²) >= 11 is 0. The van der Waals surface area contributed by atoms with Crippen LogP contribution < -0.4 is 5.32 Å². The first-order valence-corrected chi connectivity index (χ1v) is 9.08. The Hall–Kier alpha value is -1.40. The van der Waals surface area contributed by atoms with Gasteiger partial charge in [0, 0.05) is 23.9 Å². The summed E-state index contributed by atoms with van der Waals surface area (Å²) < 4.78 is 5.77. The molecule has 2 heterocycles. The number of nitrogens with one attached hydrogen (secondary N) is 2. The predicted molar refractivity (Wildman–Crippen MR) is 88.6 cm³/mol. The summed E-state index contributed by atoms with van der Waals surface area (Å²) in [7, 11) is 0. The van der Waals surface area contributed by atoms with Crippen LogP contribution in [0.5, 0.6) is 0 Å². The van der Waals surface area contributed by atoms with E-state index in [1.165, 1.54) is 19.3 Å². The number of aliphatic hydroxyl groups is 1. The Balaban J connectivity index is 1.42. The van der Waals surface area contributed by atoms with Crippen LogP contribution in [0.2, 0.25) is 0 Å². The minimum absolute atomic E-state index is 0.0632. The second kappa shape index (κ2) is 5.56. The standard InChI is InChI=1S/C18H27N3O3/c1-11-6-13-14(12(2)24-11)20-21-15(13)16(23)19-9-18(10-22)7-17(8-18)4-3-5-17/h11-12,22H,3-10H2,1-2H3,(H,19,23)(H,20,21)/t11-,12+/m1/s1. The van der Waals surface area contributed by atoms with Crippen LogP contribution in [0.3, 0.4) is 0 Å². The summed E-state index contributed by atoms with van der Waals surface area (Å²) in [5.41, 5.74) is 2.71. The Morgan fingerprint density at radius 1 is 1.42 bits per heavy atom. The fourth-order valence-corrected chi connectivity index (χ4v) is 5.08. The second-order valence-corrected chi connectivity index (χ2v) is 8.31. The van der Waals surface area contributed by atoms with Gasteiger partial charge in [-0.3, -0.25) is 9.89 Å². The molecule has 0 radical (unpaired) electrons. The van der Waals surface area contributed by atoms with Gasteiger partial charge in [0.25, 0.3) is 5.91 Å². The quantitative estimate of drug-likeness (QED) is 0.787. The number of rotatable bonds is 4. The molecule has 4 rings (SSSR count). The highest BCUT2D eigenvalue weighted by molar-refractivity contribution is 5.94. The fraction of sp³-hybridized carbons (Fsp3) is 0.778. The number of carbonyl (C=O) groups excluding carboxylic acids is 1. The summed E-state index contributed by atoms with van der Waals surface area (Å²) in [6, 6.07) is 0. The monoisotopic (exact) mass is 333 g/mol. The van der Waals surface area contributed by atoms with Crippen molar-refractivity contribution in [1.29, 1.82) is 0 Å². The topological polar surface area (TPSA) is 87.2 Å². The first-order valence-electron chi connectivity index (χ1n) is 9.08. The lowest BCUT2D eigenvalue weighted by Gasteiger charge is -2.60. The molecule has 2 atom stereocenters. The molecule has 1 amide bonds. The van der Waals surface area contributed by atoms with Gasteiger partial charge in [0.05, 0.1) is 24.5 Å². The van der Waals surface area contributed by atoms with Gasteiger partial charge in [-0.25, -0.2) is 0 Å². The van der Waals surface area contributed by atoms with Crippen LogP contribution in [0.25, 0.3) is 0 Å². The molecule has 2 fully saturated rings. The lowest BCUT2D eigenvalue weighted by atomic mass is 9.45. The maximum atomic E-state index is 12.6. The van der Waals surface area contributed by atoms with E-state index >= 15 is 0 Å². The number of amides is 1. The summed E-state index contributed by atoms with van der Waals surface area (Å²) in [5.74, 6) is -0.142. The van der Waals surface area contributed by atoms with Crippen LogP contribution in [0.1, 0.15) is 73.8 Å². The summed E-state index contributed by atoms with van der Waals surface area (Å²) in [4.78, 5) is 12.6. The van der Waals surface area contributed by atoms with Crippen LogP contribution in [-0.2, 0) is 11.2 Å². The number of nitrogens with zero attached hydrogens (tertiary/aromatic N) is 1. The van der Waals surface area contributed by atoms with Gasteiger partial charge in [-0.15, -0.1) is 0 Å². The fourth-order valence-electron chi connectivity index (χ4n) is 5.08. The van der Waals surface area contributed by atoms with E-state index in [1.807, 2.05) is 13.8 Å². The van der Waals surface area contributed by atoms with Crippen molar-refractivity contribution in [1.82, 2.24) is 15.5 Å². The molecule has 24 heavy (non-hydrogen) atoms. The molecule has 1 spiro atoms. The summed E-state index contributed by atoms with van der Waals surface area (Å²) in [5, 5.41) is 20.0. The molecule has 3 N–H and O–H groups in total. The van der Waals surface area contributed by atoms with E-state index in [1.54, 1.807) is 0 Å². The van der Waals surface area contributed by atoms with Crippen molar-refractivity contribution in [3.8, 4) is 0 Å². The summed E-state index contributed by atoms with van der Waals surface area (Å²) in [6.45, 7) is 4.67. The normalized spacial score (nSPS) is 29.5. The molecule has 6 heteroatoms. The zero-order chi connectivity index (χ0) is 16.9. The third-order valence-electron chi connectivity index (χ3n) is 6.32. The molecule has 1 aromatic rings. The number of hydrogen-bond donors (Lipinski definition) is 3. The molecule has 0 saturated heterocycles. The first kappa shape index (κ1) is 16.1. The molecule has 0 unspecified atom stereocenters. The van der Waals surface area contributed by atoms with E-state index in [-0.39, 0.29) is 30.1 Å². The van der Waals surface area contributed by atoms with E-state index in [0.29, 0.717) is 24.1 Å². The van der Waals surface area contributed by atoms with Gasteiger partial charge in [-0.05, 0) is 44.9 Å². The highest BCUT2D eigenvalue weighted by Gasteiger charge is 2.56. The van der Waals surface area contributed by atoms with E-state index in [9.17, 15) is 9.90 Å². The summed E-state index contributed by atoms with van der Waals surface area (Å²) in [6.07, 6.45) is 6.68. The van der Waals surface area contributed by atoms with Crippen LogP contribution >= 0.6 is 0 Å². The van der Waals surface area contributed by atoms with Crippen molar-refractivity contribution in [3.05, 3.63) is 17.0 Å². The average molecular weight is 333 g/mol. The lowest BCUT2D eigenvalue weighted by Crippen LogP contribution is -2.57. The molecule has 0 bridgehead atoms. The Labute approximate surface area is 142 Å². The van der Waals surface area contributed by atoms with Crippen molar-refractivity contribution in [3.63, 3.8) is 0 Å². The van der Waals surface area contributed by atoms with Crippen LogP contribution in [-0.4, -0.2) is 40.5 Å². The largest absolute Gasteiger partial charge is 0.396 e. The molecule has 2 aliphatic carbocycles. The molecular formula is C18H27N3O3. The van der Waals surface area contributed by atoms with Crippen molar-refractivity contribution < 1.29 is 14.6 Å². The molecule has 132 valence electrons.